The molecule has 1 rings (SSSR count). The lowest BCUT2D eigenvalue weighted by Gasteiger charge is -2.23. The molecule has 0 spiro atoms. The number of hydrogen-bond acceptors (Lipinski definition) is 3. The Bertz CT molecular complexity index is 344. The Labute approximate surface area is 112 Å². The van der Waals surface area contributed by atoms with Gasteiger partial charge in [-0.15, -0.1) is 0 Å². The predicted molar refractivity (Wildman–Crippen MR) is 74.8 cm³/mol. The minimum absolute atomic E-state index is 0.126. The maximum atomic E-state index is 9.34. The number of aliphatic hydroxyl groups excluding tert-OH is 1. The van der Waals surface area contributed by atoms with Crippen molar-refractivity contribution in [1.29, 1.82) is 0 Å². The van der Waals surface area contributed by atoms with Gasteiger partial charge in [0.05, 0.1) is 6.10 Å². The van der Waals surface area contributed by atoms with Crippen LogP contribution in [0.2, 0.25) is 0 Å². The topological polar surface area (TPSA) is 58.3 Å². The van der Waals surface area contributed by atoms with Crippen LogP contribution in [-0.4, -0.2) is 23.8 Å². The van der Waals surface area contributed by atoms with E-state index in [2.05, 4.69) is 40.3 Å². The summed E-state index contributed by atoms with van der Waals surface area (Å²) in [4.78, 5) is 0. The Kier molecular flexibility index (Phi) is 6.12. The highest BCUT2D eigenvalue weighted by Gasteiger charge is 2.14. The van der Waals surface area contributed by atoms with Crippen LogP contribution < -0.4 is 11.1 Å². The number of hydrogen-bond donors (Lipinski definition) is 3. The van der Waals surface area contributed by atoms with E-state index in [1.165, 1.54) is 5.56 Å². The second-order valence-electron chi connectivity index (χ2n) is 4.50. The molecule has 0 saturated carbocycles. The zero-order chi connectivity index (χ0) is 12.8. The van der Waals surface area contributed by atoms with Gasteiger partial charge in [-0.05, 0) is 38.0 Å². The van der Waals surface area contributed by atoms with Crippen LogP contribution in [0.25, 0.3) is 0 Å². The van der Waals surface area contributed by atoms with Crippen molar-refractivity contribution in [2.75, 3.05) is 6.54 Å². The van der Waals surface area contributed by atoms with Crippen molar-refractivity contribution < 1.29 is 5.11 Å². The minimum Gasteiger partial charge on any atom is -0.393 e. The molecule has 0 bridgehead atoms. The third kappa shape index (κ3) is 5.17. The van der Waals surface area contributed by atoms with Gasteiger partial charge in [0.15, 0.2) is 0 Å². The van der Waals surface area contributed by atoms with E-state index >= 15 is 0 Å². The van der Waals surface area contributed by atoms with E-state index in [1.807, 2.05) is 12.1 Å². The van der Waals surface area contributed by atoms with Crippen LogP contribution in [-0.2, 0) is 0 Å². The number of rotatable bonds is 6. The second kappa shape index (κ2) is 7.11. The Hall–Kier alpha value is -0.420. The van der Waals surface area contributed by atoms with E-state index in [9.17, 15) is 5.11 Å². The van der Waals surface area contributed by atoms with Crippen molar-refractivity contribution in [1.82, 2.24) is 5.32 Å². The van der Waals surface area contributed by atoms with E-state index in [0.29, 0.717) is 6.54 Å². The van der Waals surface area contributed by atoms with Gasteiger partial charge in [0.2, 0.25) is 0 Å². The first kappa shape index (κ1) is 14.6. The van der Waals surface area contributed by atoms with E-state index in [1.54, 1.807) is 6.92 Å². The minimum atomic E-state index is -0.293. The molecule has 4 N–H and O–H groups in total. The monoisotopic (exact) mass is 300 g/mol. The fraction of sp³-hybridized carbons (Fsp3) is 0.538. The first-order valence-corrected chi connectivity index (χ1v) is 6.72. The zero-order valence-electron chi connectivity index (χ0n) is 10.4. The average molecular weight is 301 g/mol. The molecule has 0 fully saturated rings. The van der Waals surface area contributed by atoms with Crippen molar-refractivity contribution in [3.63, 3.8) is 0 Å². The summed E-state index contributed by atoms with van der Waals surface area (Å²) in [5.74, 6) is 0. The number of benzene rings is 1. The molecule has 17 heavy (non-hydrogen) atoms. The average Bonchev–Trinajstić information content (AvgIpc) is 2.24. The van der Waals surface area contributed by atoms with Crippen LogP contribution >= 0.6 is 15.9 Å². The lowest BCUT2D eigenvalue weighted by Crippen LogP contribution is -2.36. The highest BCUT2D eigenvalue weighted by atomic mass is 79.9. The Morgan fingerprint density at radius 2 is 2.12 bits per heavy atom. The lowest BCUT2D eigenvalue weighted by atomic mass is 10.0. The maximum absolute atomic E-state index is 9.34. The van der Waals surface area contributed by atoms with Crippen molar-refractivity contribution in [3.05, 3.63) is 34.3 Å². The summed E-state index contributed by atoms with van der Waals surface area (Å²) in [5, 5.41) is 12.8. The fourth-order valence-electron chi connectivity index (χ4n) is 1.95. The first-order chi connectivity index (χ1) is 8.02. The van der Waals surface area contributed by atoms with Crippen LogP contribution in [0.1, 0.15) is 31.9 Å². The van der Waals surface area contributed by atoms with E-state index in [0.717, 1.165) is 10.9 Å². The van der Waals surface area contributed by atoms with E-state index < -0.39 is 0 Å². The third-order valence-electron chi connectivity index (χ3n) is 2.67. The second-order valence-corrected chi connectivity index (χ2v) is 5.41. The standard InChI is InChI=1S/C13H21BrN2O/c1-9(6-10(2)17)16-13(8-15)11-4-3-5-12(14)7-11/h3-5,7,9-10,13,16-17H,6,8,15H2,1-2H3. The van der Waals surface area contributed by atoms with Gasteiger partial charge in [-0.1, -0.05) is 28.1 Å². The van der Waals surface area contributed by atoms with Crippen LogP contribution in [0.5, 0.6) is 0 Å². The molecule has 0 radical (unpaired) electrons. The molecule has 4 heteroatoms. The number of halogens is 1. The Balaban J connectivity index is 2.65. The van der Waals surface area contributed by atoms with Gasteiger partial charge in [0, 0.05) is 23.1 Å². The SMILES string of the molecule is CC(O)CC(C)NC(CN)c1cccc(Br)c1. The molecule has 0 aromatic heterocycles. The molecule has 3 atom stereocenters. The highest BCUT2D eigenvalue weighted by Crippen LogP contribution is 2.18. The largest absolute Gasteiger partial charge is 0.393 e. The van der Waals surface area contributed by atoms with E-state index in [-0.39, 0.29) is 18.2 Å². The van der Waals surface area contributed by atoms with Crippen molar-refractivity contribution in [3.8, 4) is 0 Å². The highest BCUT2D eigenvalue weighted by molar-refractivity contribution is 9.10. The molecule has 0 amide bonds. The molecule has 0 aliphatic rings. The molecule has 0 aliphatic carbocycles. The van der Waals surface area contributed by atoms with Gasteiger partial charge in [-0.2, -0.15) is 0 Å². The van der Waals surface area contributed by atoms with Crippen molar-refractivity contribution >= 4 is 15.9 Å². The Morgan fingerprint density at radius 3 is 2.65 bits per heavy atom. The molecule has 0 aliphatic heterocycles. The Morgan fingerprint density at radius 1 is 1.41 bits per heavy atom. The number of nitrogens with two attached hydrogens (primary N) is 1. The predicted octanol–water partition coefficient (Wildman–Crippen LogP) is 2.20. The van der Waals surface area contributed by atoms with Crippen LogP contribution in [0, 0.1) is 0 Å². The third-order valence-corrected chi connectivity index (χ3v) is 3.16. The summed E-state index contributed by atoms with van der Waals surface area (Å²) in [7, 11) is 0. The summed E-state index contributed by atoms with van der Waals surface area (Å²) in [6.07, 6.45) is 0.434. The zero-order valence-corrected chi connectivity index (χ0v) is 11.9. The molecule has 0 heterocycles. The van der Waals surface area contributed by atoms with Gasteiger partial charge in [-0.3, -0.25) is 0 Å². The van der Waals surface area contributed by atoms with Gasteiger partial charge < -0.3 is 16.2 Å². The normalized spacial score (nSPS) is 16.5. The maximum Gasteiger partial charge on any atom is 0.0526 e. The van der Waals surface area contributed by atoms with E-state index in [4.69, 9.17) is 5.73 Å². The summed E-state index contributed by atoms with van der Waals surface area (Å²) >= 11 is 3.46. The van der Waals surface area contributed by atoms with Crippen LogP contribution in [0.4, 0.5) is 0 Å². The summed E-state index contributed by atoms with van der Waals surface area (Å²) in [5.41, 5.74) is 6.96. The summed E-state index contributed by atoms with van der Waals surface area (Å²) < 4.78 is 1.05. The van der Waals surface area contributed by atoms with Gasteiger partial charge in [0.1, 0.15) is 0 Å². The number of nitrogens with one attached hydrogen (secondary N) is 1. The molecule has 96 valence electrons. The molecule has 3 unspecified atom stereocenters. The molecule has 1 aromatic carbocycles. The lowest BCUT2D eigenvalue weighted by molar-refractivity contribution is 0.168. The fourth-order valence-corrected chi connectivity index (χ4v) is 2.36. The molecule has 0 saturated heterocycles. The van der Waals surface area contributed by atoms with Crippen molar-refractivity contribution in [2.24, 2.45) is 5.73 Å². The van der Waals surface area contributed by atoms with Gasteiger partial charge in [0.25, 0.3) is 0 Å². The van der Waals surface area contributed by atoms with Crippen molar-refractivity contribution in [2.45, 2.75) is 38.5 Å². The van der Waals surface area contributed by atoms with Gasteiger partial charge >= 0.3 is 0 Å². The van der Waals surface area contributed by atoms with Gasteiger partial charge in [-0.25, -0.2) is 0 Å². The molecular formula is C13H21BrN2O. The number of aliphatic hydroxyl groups is 1. The smallest absolute Gasteiger partial charge is 0.0526 e. The van der Waals surface area contributed by atoms with Crippen LogP contribution in [0.15, 0.2) is 28.7 Å². The van der Waals surface area contributed by atoms with Crippen LogP contribution in [0.3, 0.4) is 0 Å². The molecule has 1 aromatic rings. The quantitative estimate of drug-likeness (QED) is 0.755. The molecule has 3 nitrogen and oxygen atoms in total. The summed E-state index contributed by atoms with van der Waals surface area (Å²) in [6, 6.07) is 8.49. The molecular weight excluding hydrogens is 280 g/mol. The first-order valence-electron chi connectivity index (χ1n) is 5.92. The summed E-state index contributed by atoms with van der Waals surface area (Å²) in [6.45, 7) is 4.41.